The van der Waals surface area contributed by atoms with E-state index in [1.54, 1.807) is 25.3 Å². The Hall–Kier alpha value is -1.42. The zero-order valence-corrected chi connectivity index (χ0v) is 8.50. The molecule has 0 aromatic heterocycles. The van der Waals surface area contributed by atoms with Gasteiger partial charge in [-0.2, -0.15) is 0 Å². The second-order valence-electron chi connectivity index (χ2n) is 2.76. The second-order valence-corrected chi connectivity index (χ2v) is 3.25. The summed E-state index contributed by atoms with van der Waals surface area (Å²) >= 11 is 4.70. The minimum absolute atomic E-state index is 0.0123. The number of rotatable bonds is 4. The molecule has 1 N–H and O–H groups in total. The van der Waals surface area contributed by atoms with E-state index in [0.29, 0.717) is 5.75 Å². The molecule has 0 unspecified atom stereocenters. The van der Waals surface area contributed by atoms with E-state index in [1.807, 2.05) is 6.07 Å². The van der Waals surface area contributed by atoms with Crippen molar-refractivity contribution in [3.05, 3.63) is 29.8 Å². The highest BCUT2D eigenvalue weighted by molar-refractivity contribution is 7.82. The first-order valence-electron chi connectivity index (χ1n) is 4.02. The van der Waals surface area contributed by atoms with Crippen LogP contribution in [-0.4, -0.2) is 23.1 Å². The molecule has 0 radical (unpaired) electrons. The van der Waals surface area contributed by atoms with Crippen LogP contribution in [0.1, 0.15) is 5.56 Å². The lowest BCUT2D eigenvalue weighted by Gasteiger charge is -2.03. The molecular formula is C10H10O3S. The molecule has 4 heteroatoms. The normalized spacial score (nSPS) is 9.50. The van der Waals surface area contributed by atoms with Crippen LogP contribution in [0.3, 0.4) is 0 Å². The predicted octanol–water partition coefficient (Wildman–Crippen LogP) is 1.69. The van der Waals surface area contributed by atoms with Crippen LogP contribution in [0.4, 0.5) is 0 Å². The van der Waals surface area contributed by atoms with Gasteiger partial charge in [0.2, 0.25) is 0 Å². The number of carboxylic acid groups (broad SMARTS) is 1. The zero-order chi connectivity index (χ0) is 10.6. The number of ether oxygens (including phenoxy) is 1. The number of carbonyl (C=O) groups is 1. The van der Waals surface area contributed by atoms with Gasteiger partial charge in [-0.15, -0.1) is 0 Å². The van der Waals surface area contributed by atoms with Crippen molar-refractivity contribution in [1.82, 2.24) is 0 Å². The van der Waals surface area contributed by atoms with Gasteiger partial charge in [-0.05, 0) is 17.7 Å². The summed E-state index contributed by atoms with van der Waals surface area (Å²) in [5.74, 6) is -0.335. The number of hydrogen-bond acceptors (Lipinski definition) is 3. The van der Waals surface area contributed by atoms with Gasteiger partial charge < -0.3 is 9.84 Å². The van der Waals surface area contributed by atoms with Crippen LogP contribution < -0.4 is 4.74 Å². The first-order valence-corrected chi connectivity index (χ1v) is 4.43. The minimum Gasteiger partial charge on any atom is -0.497 e. The van der Waals surface area contributed by atoms with Crippen LogP contribution in [0.5, 0.6) is 5.75 Å². The maximum Gasteiger partial charge on any atom is 0.342 e. The predicted molar refractivity (Wildman–Crippen MR) is 56.9 cm³/mol. The van der Waals surface area contributed by atoms with Gasteiger partial charge in [0.15, 0.2) is 0 Å². The molecule has 0 saturated carbocycles. The Morgan fingerprint density at radius 2 is 2.29 bits per heavy atom. The van der Waals surface area contributed by atoms with Gasteiger partial charge in [-0.3, -0.25) is 0 Å². The number of aliphatic carboxylic acids is 1. The molecule has 1 rings (SSSR count). The Labute approximate surface area is 87.3 Å². The number of hydrogen-bond donors (Lipinski definition) is 1. The van der Waals surface area contributed by atoms with E-state index < -0.39 is 5.97 Å². The molecule has 3 nitrogen and oxygen atoms in total. The molecule has 0 bridgehead atoms. The standard InChI is InChI=1S/C10H10O3S/c1-13-8-4-2-3-7(5-8)6-9(14)10(11)12/h2-5H,6H2,1H3,(H,11,12). The summed E-state index contributed by atoms with van der Waals surface area (Å²) in [6.07, 6.45) is 0.266. The molecule has 0 aliphatic heterocycles. The molecule has 0 atom stereocenters. The summed E-state index contributed by atoms with van der Waals surface area (Å²) in [5, 5.41) is 8.60. The molecule has 0 aliphatic rings. The molecule has 1 aromatic rings. The van der Waals surface area contributed by atoms with Crippen molar-refractivity contribution in [2.45, 2.75) is 6.42 Å². The topological polar surface area (TPSA) is 46.5 Å². The molecule has 1 aromatic carbocycles. The lowest BCUT2D eigenvalue weighted by molar-refractivity contribution is -0.129. The van der Waals surface area contributed by atoms with Crippen LogP contribution in [0.15, 0.2) is 24.3 Å². The molecule has 0 heterocycles. The Morgan fingerprint density at radius 3 is 2.86 bits per heavy atom. The van der Waals surface area contributed by atoms with Crippen molar-refractivity contribution < 1.29 is 14.6 Å². The van der Waals surface area contributed by atoms with Gasteiger partial charge >= 0.3 is 5.97 Å². The Morgan fingerprint density at radius 1 is 1.57 bits per heavy atom. The monoisotopic (exact) mass is 210 g/mol. The largest absolute Gasteiger partial charge is 0.497 e. The third-order valence-corrected chi connectivity index (χ3v) is 2.06. The van der Waals surface area contributed by atoms with E-state index in [-0.39, 0.29) is 11.3 Å². The van der Waals surface area contributed by atoms with Crippen molar-refractivity contribution in [2.24, 2.45) is 0 Å². The molecule has 0 fully saturated rings. The fraction of sp³-hybridized carbons (Fsp3) is 0.200. The highest BCUT2D eigenvalue weighted by atomic mass is 32.1. The van der Waals surface area contributed by atoms with E-state index in [9.17, 15) is 4.79 Å². The molecule has 0 amide bonds. The van der Waals surface area contributed by atoms with Gasteiger partial charge in [-0.1, -0.05) is 24.4 Å². The quantitative estimate of drug-likeness (QED) is 0.768. The van der Waals surface area contributed by atoms with Gasteiger partial charge in [0, 0.05) is 6.42 Å². The Kier molecular flexibility index (Phi) is 3.59. The summed E-state index contributed by atoms with van der Waals surface area (Å²) in [6, 6.07) is 7.19. The first-order chi connectivity index (χ1) is 6.63. The van der Waals surface area contributed by atoms with Crippen LogP contribution in [0.25, 0.3) is 0 Å². The average Bonchev–Trinajstić information content (AvgIpc) is 2.18. The SMILES string of the molecule is COc1cccc(CC(=S)C(=O)O)c1. The average molecular weight is 210 g/mol. The van der Waals surface area contributed by atoms with Crippen molar-refractivity contribution in [3.8, 4) is 5.75 Å². The van der Waals surface area contributed by atoms with Crippen LogP contribution in [0, 0.1) is 0 Å². The zero-order valence-electron chi connectivity index (χ0n) is 7.69. The van der Waals surface area contributed by atoms with Crippen LogP contribution in [-0.2, 0) is 11.2 Å². The van der Waals surface area contributed by atoms with E-state index in [2.05, 4.69) is 0 Å². The summed E-state index contributed by atoms with van der Waals surface area (Å²) in [6.45, 7) is 0. The highest BCUT2D eigenvalue weighted by Gasteiger charge is 2.07. The number of benzene rings is 1. The lowest BCUT2D eigenvalue weighted by Crippen LogP contribution is -2.12. The van der Waals surface area contributed by atoms with Gasteiger partial charge in [0.25, 0.3) is 0 Å². The summed E-state index contributed by atoms with van der Waals surface area (Å²) in [4.78, 5) is 10.5. The van der Waals surface area contributed by atoms with Crippen molar-refractivity contribution in [2.75, 3.05) is 7.11 Å². The van der Waals surface area contributed by atoms with Crippen LogP contribution >= 0.6 is 12.2 Å². The number of methoxy groups -OCH3 is 1. The van der Waals surface area contributed by atoms with Gasteiger partial charge in [0.1, 0.15) is 10.6 Å². The molecular weight excluding hydrogens is 200 g/mol. The number of carboxylic acids is 1. The van der Waals surface area contributed by atoms with E-state index in [4.69, 9.17) is 22.1 Å². The first kappa shape index (κ1) is 10.7. The maximum absolute atomic E-state index is 10.5. The Bertz CT molecular complexity index is 360. The summed E-state index contributed by atoms with van der Waals surface area (Å²) < 4.78 is 5.01. The third kappa shape index (κ3) is 2.81. The summed E-state index contributed by atoms with van der Waals surface area (Å²) in [5.41, 5.74) is 0.844. The van der Waals surface area contributed by atoms with Crippen molar-refractivity contribution in [1.29, 1.82) is 0 Å². The smallest absolute Gasteiger partial charge is 0.342 e. The lowest BCUT2D eigenvalue weighted by atomic mass is 10.1. The minimum atomic E-state index is -1.04. The van der Waals surface area contributed by atoms with Crippen molar-refractivity contribution in [3.63, 3.8) is 0 Å². The molecule has 0 saturated heterocycles. The molecule has 0 aliphatic carbocycles. The second kappa shape index (κ2) is 4.72. The third-order valence-electron chi connectivity index (χ3n) is 1.74. The maximum atomic E-state index is 10.5. The van der Waals surface area contributed by atoms with E-state index in [1.165, 1.54) is 0 Å². The van der Waals surface area contributed by atoms with Gasteiger partial charge in [0.05, 0.1) is 7.11 Å². The fourth-order valence-electron chi connectivity index (χ4n) is 1.04. The fourth-order valence-corrected chi connectivity index (χ4v) is 1.21. The van der Waals surface area contributed by atoms with Crippen LogP contribution in [0.2, 0.25) is 0 Å². The Balaban J connectivity index is 2.76. The molecule has 74 valence electrons. The summed E-state index contributed by atoms with van der Waals surface area (Å²) in [7, 11) is 1.56. The van der Waals surface area contributed by atoms with Gasteiger partial charge in [-0.25, -0.2) is 4.79 Å². The molecule has 0 spiro atoms. The molecule has 14 heavy (non-hydrogen) atoms. The highest BCUT2D eigenvalue weighted by Crippen LogP contribution is 2.13. The van der Waals surface area contributed by atoms with E-state index in [0.717, 1.165) is 5.56 Å². The van der Waals surface area contributed by atoms with E-state index >= 15 is 0 Å². The van der Waals surface area contributed by atoms with Crippen molar-refractivity contribution >= 4 is 23.1 Å². The number of thiocarbonyl (C=S) groups is 1.